The lowest BCUT2D eigenvalue weighted by Gasteiger charge is -2.40. The summed E-state index contributed by atoms with van der Waals surface area (Å²) in [5, 5.41) is 3.36. The second-order valence-electron chi connectivity index (χ2n) is 5.96. The predicted molar refractivity (Wildman–Crippen MR) is 73.5 cm³/mol. The Hall–Kier alpha value is -0.610. The first kappa shape index (κ1) is 13.8. The summed E-state index contributed by atoms with van der Waals surface area (Å²) in [6.45, 7) is 4.35. The lowest BCUT2D eigenvalue weighted by Crippen LogP contribution is -2.53. The van der Waals surface area contributed by atoms with Crippen LogP contribution in [-0.2, 0) is 4.79 Å². The normalized spacial score (nSPS) is 34.3. The summed E-state index contributed by atoms with van der Waals surface area (Å²) in [4.78, 5) is 16.8. The van der Waals surface area contributed by atoms with E-state index in [0.29, 0.717) is 18.0 Å². The van der Waals surface area contributed by atoms with Gasteiger partial charge in [0, 0.05) is 25.7 Å². The average molecular weight is 253 g/mol. The fourth-order valence-corrected chi connectivity index (χ4v) is 3.10. The van der Waals surface area contributed by atoms with Gasteiger partial charge in [0.2, 0.25) is 5.91 Å². The van der Waals surface area contributed by atoms with Crippen LogP contribution in [0, 0.1) is 0 Å². The van der Waals surface area contributed by atoms with Gasteiger partial charge in [-0.05, 0) is 46.2 Å². The molecule has 3 atom stereocenters. The van der Waals surface area contributed by atoms with Gasteiger partial charge in [-0.2, -0.15) is 0 Å². The zero-order chi connectivity index (χ0) is 13.1. The summed E-state index contributed by atoms with van der Waals surface area (Å²) in [6, 6.07) is 1.07. The first-order valence-corrected chi connectivity index (χ1v) is 7.30. The van der Waals surface area contributed by atoms with Gasteiger partial charge in [-0.3, -0.25) is 4.79 Å². The van der Waals surface area contributed by atoms with E-state index in [4.69, 9.17) is 0 Å². The van der Waals surface area contributed by atoms with Crippen LogP contribution in [0.2, 0.25) is 0 Å². The maximum atomic E-state index is 12.4. The number of amides is 1. The van der Waals surface area contributed by atoms with Gasteiger partial charge in [0.05, 0.1) is 6.04 Å². The number of nitrogens with one attached hydrogen (secondary N) is 1. The van der Waals surface area contributed by atoms with Crippen LogP contribution in [-0.4, -0.2) is 61.0 Å². The molecule has 2 saturated heterocycles. The van der Waals surface area contributed by atoms with E-state index in [1.165, 1.54) is 12.8 Å². The van der Waals surface area contributed by atoms with Gasteiger partial charge in [0.1, 0.15) is 0 Å². The van der Waals surface area contributed by atoms with Gasteiger partial charge in [0.25, 0.3) is 0 Å². The highest BCUT2D eigenvalue weighted by atomic mass is 16.2. The second-order valence-corrected chi connectivity index (χ2v) is 5.96. The maximum absolute atomic E-state index is 12.4. The molecule has 0 aromatic heterocycles. The van der Waals surface area contributed by atoms with Crippen LogP contribution < -0.4 is 5.32 Å². The predicted octanol–water partition coefficient (Wildman–Crippen LogP) is 1.07. The molecule has 104 valence electrons. The third-order valence-corrected chi connectivity index (χ3v) is 4.68. The Balaban J connectivity index is 1.89. The highest BCUT2D eigenvalue weighted by molar-refractivity contribution is 5.82. The zero-order valence-electron chi connectivity index (χ0n) is 12.0. The minimum atomic E-state index is 0.0683. The molecule has 4 nitrogen and oxygen atoms in total. The van der Waals surface area contributed by atoms with E-state index < -0.39 is 0 Å². The van der Waals surface area contributed by atoms with Crippen molar-refractivity contribution < 1.29 is 4.79 Å². The summed E-state index contributed by atoms with van der Waals surface area (Å²) >= 11 is 0. The number of carbonyl (C=O) groups is 1. The molecule has 0 aliphatic carbocycles. The summed E-state index contributed by atoms with van der Waals surface area (Å²) in [5.41, 5.74) is 0. The molecule has 2 heterocycles. The molecule has 0 aromatic carbocycles. The molecule has 2 aliphatic heterocycles. The number of nitrogens with zero attached hydrogens (tertiary/aromatic N) is 2. The van der Waals surface area contributed by atoms with Crippen LogP contribution in [0.15, 0.2) is 0 Å². The van der Waals surface area contributed by atoms with E-state index in [9.17, 15) is 4.79 Å². The van der Waals surface area contributed by atoms with Crippen molar-refractivity contribution in [3.63, 3.8) is 0 Å². The van der Waals surface area contributed by atoms with Gasteiger partial charge in [-0.15, -0.1) is 0 Å². The molecule has 1 N–H and O–H groups in total. The first-order valence-electron chi connectivity index (χ1n) is 7.30. The molecule has 0 aromatic rings. The molecule has 0 spiro atoms. The SMILES string of the molecule is C[C@@H]1C[C@H](N(C)C(=O)[C@H]2CCCCN2)CCN1C. The van der Waals surface area contributed by atoms with Crippen molar-refractivity contribution in [2.45, 2.75) is 57.2 Å². The molecule has 0 bridgehead atoms. The summed E-state index contributed by atoms with van der Waals surface area (Å²) in [6.07, 6.45) is 5.60. The summed E-state index contributed by atoms with van der Waals surface area (Å²) in [7, 11) is 4.16. The molecule has 0 radical (unpaired) electrons. The van der Waals surface area contributed by atoms with Crippen LogP contribution in [0.4, 0.5) is 0 Å². The van der Waals surface area contributed by atoms with Gasteiger partial charge < -0.3 is 15.1 Å². The van der Waals surface area contributed by atoms with Gasteiger partial charge >= 0.3 is 0 Å². The molecule has 2 aliphatic rings. The fourth-order valence-electron chi connectivity index (χ4n) is 3.10. The monoisotopic (exact) mass is 253 g/mol. The molecule has 2 fully saturated rings. The van der Waals surface area contributed by atoms with Crippen LogP contribution in [0.3, 0.4) is 0 Å². The minimum Gasteiger partial charge on any atom is -0.341 e. The number of likely N-dealkylation sites (tertiary alicyclic amines) is 1. The Morgan fingerprint density at radius 1 is 1.33 bits per heavy atom. The average Bonchev–Trinajstić information content (AvgIpc) is 2.41. The molecule has 1 amide bonds. The van der Waals surface area contributed by atoms with E-state index >= 15 is 0 Å². The zero-order valence-corrected chi connectivity index (χ0v) is 12.0. The van der Waals surface area contributed by atoms with Crippen LogP contribution in [0.5, 0.6) is 0 Å². The smallest absolute Gasteiger partial charge is 0.239 e. The molecular weight excluding hydrogens is 226 g/mol. The van der Waals surface area contributed by atoms with E-state index in [2.05, 4.69) is 24.2 Å². The molecule has 4 heteroatoms. The Labute approximate surface area is 111 Å². The topological polar surface area (TPSA) is 35.6 Å². The second kappa shape index (κ2) is 6.02. The number of hydrogen-bond acceptors (Lipinski definition) is 3. The van der Waals surface area contributed by atoms with Crippen molar-refractivity contribution in [1.29, 1.82) is 0 Å². The summed E-state index contributed by atoms with van der Waals surface area (Å²) in [5.74, 6) is 0.302. The third kappa shape index (κ3) is 3.04. The first-order chi connectivity index (χ1) is 8.59. The third-order valence-electron chi connectivity index (χ3n) is 4.68. The van der Waals surface area contributed by atoms with Crippen molar-refractivity contribution >= 4 is 5.91 Å². The Morgan fingerprint density at radius 2 is 2.11 bits per heavy atom. The molecule has 18 heavy (non-hydrogen) atoms. The lowest BCUT2D eigenvalue weighted by atomic mass is 9.96. The Kier molecular flexibility index (Phi) is 4.62. The number of likely N-dealkylation sites (N-methyl/N-ethyl adjacent to an activating group) is 1. The van der Waals surface area contributed by atoms with Crippen molar-refractivity contribution in [2.75, 3.05) is 27.2 Å². The van der Waals surface area contributed by atoms with Gasteiger partial charge in [-0.25, -0.2) is 0 Å². The molecule has 0 unspecified atom stereocenters. The van der Waals surface area contributed by atoms with Gasteiger partial charge in [-0.1, -0.05) is 6.42 Å². The van der Waals surface area contributed by atoms with Crippen LogP contribution in [0.25, 0.3) is 0 Å². The van der Waals surface area contributed by atoms with Crippen LogP contribution in [0.1, 0.15) is 39.0 Å². The van der Waals surface area contributed by atoms with Crippen molar-refractivity contribution in [2.24, 2.45) is 0 Å². The molecule has 0 saturated carbocycles. The van der Waals surface area contributed by atoms with E-state index in [1.807, 2.05) is 11.9 Å². The number of rotatable bonds is 2. The van der Waals surface area contributed by atoms with E-state index in [0.717, 1.165) is 32.4 Å². The van der Waals surface area contributed by atoms with Crippen molar-refractivity contribution in [3.8, 4) is 0 Å². The molecule has 2 rings (SSSR count). The van der Waals surface area contributed by atoms with Crippen LogP contribution >= 0.6 is 0 Å². The lowest BCUT2D eigenvalue weighted by molar-refractivity contribution is -0.136. The van der Waals surface area contributed by atoms with E-state index in [-0.39, 0.29) is 6.04 Å². The molecular formula is C14H27N3O. The van der Waals surface area contributed by atoms with Crippen molar-refractivity contribution in [3.05, 3.63) is 0 Å². The maximum Gasteiger partial charge on any atom is 0.239 e. The van der Waals surface area contributed by atoms with Crippen molar-refractivity contribution in [1.82, 2.24) is 15.1 Å². The van der Waals surface area contributed by atoms with E-state index in [1.54, 1.807) is 0 Å². The largest absolute Gasteiger partial charge is 0.341 e. The highest BCUT2D eigenvalue weighted by Gasteiger charge is 2.31. The standard InChI is InChI=1S/C14H27N3O/c1-11-10-12(7-9-16(11)2)17(3)14(18)13-6-4-5-8-15-13/h11-13,15H,4-10H2,1-3H3/t11-,12-,13-/m1/s1. The minimum absolute atomic E-state index is 0.0683. The number of carbonyl (C=O) groups excluding carboxylic acids is 1. The number of piperidine rings is 2. The Bertz CT molecular complexity index is 289. The summed E-state index contributed by atoms with van der Waals surface area (Å²) < 4.78 is 0. The number of hydrogen-bond donors (Lipinski definition) is 1. The quantitative estimate of drug-likeness (QED) is 0.799. The highest BCUT2D eigenvalue weighted by Crippen LogP contribution is 2.21. The van der Waals surface area contributed by atoms with Gasteiger partial charge in [0.15, 0.2) is 0 Å². The fraction of sp³-hybridized carbons (Fsp3) is 0.929. The Morgan fingerprint density at radius 3 is 2.72 bits per heavy atom.